The van der Waals surface area contributed by atoms with E-state index in [9.17, 15) is 18.3 Å². The molecule has 0 aliphatic rings. The van der Waals surface area contributed by atoms with Crippen molar-refractivity contribution in [2.24, 2.45) is 0 Å². The summed E-state index contributed by atoms with van der Waals surface area (Å²) < 4.78 is 37.5. The summed E-state index contributed by atoms with van der Waals surface area (Å²) in [5, 5.41) is 26.1. The van der Waals surface area contributed by atoms with E-state index in [1.807, 2.05) is 0 Å². The van der Waals surface area contributed by atoms with Crippen molar-refractivity contribution in [1.29, 1.82) is 10.5 Å². The zero-order valence-electron chi connectivity index (χ0n) is 7.84. The zero-order chi connectivity index (χ0) is 12.3. The number of benzene rings is 1. The maximum absolute atomic E-state index is 12.5. The molecular formula is C10H5F3N2O. The van der Waals surface area contributed by atoms with Crippen LogP contribution in [0.3, 0.4) is 0 Å². The second kappa shape index (κ2) is 4.11. The molecule has 3 nitrogen and oxygen atoms in total. The number of halogens is 3. The van der Waals surface area contributed by atoms with Gasteiger partial charge in [-0.2, -0.15) is 23.7 Å². The van der Waals surface area contributed by atoms with Crippen LogP contribution in [-0.4, -0.2) is 5.11 Å². The van der Waals surface area contributed by atoms with Gasteiger partial charge >= 0.3 is 6.18 Å². The topological polar surface area (TPSA) is 67.8 Å². The van der Waals surface area contributed by atoms with Crippen LogP contribution in [0.2, 0.25) is 0 Å². The van der Waals surface area contributed by atoms with Crippen LogP contribution >= 0.6 is 0 Å². The highest BCUT2D eigenvalue weighted by atomic mass is 19.4. The average Bonchev–Trinajstić information content (AvgIpc) is 2.16. The maximum Gasteiger partial charge on any atom is 0.417 e. The fourth-order valence-electron chi connectivity index (χ4n) is 1.22. The van der Waals surface area contributed by atoms with Crippen molar-refractivity contribution >= 4 is 0 Å². The third kappa shape index (κ3) is 2.23. The van der Waals surface area contributed by atoms with Crippen molar-refractivity contribution in [3.8, 4) is 17.9 Å². The molecule has 6 heteroatoms. The van der Waals surface area contributed by atoms with Crippen molar-refractivity contribution in [3.05, 3.63) is 28.8 Å². The fourth-order valence-corrected chi connectivity index (χ4v) is 1.22. The van der Waals surface area contributed by atoms with Crippen molar-refractivity contribution in [3.63, 3.8) is 0 Å². The van der Waals surface area contributed by atoms with Gasteiger partial charge in [0.25, 0.3) is 0 Å². The Morgan fingerprint density at radius 3 is 2.31 bits per heavy atom. The molecule has 0 saturated heterocycles. The van der Waals surface area contributed by atoms with E-state index in [-0.39, 0.29) is 12.0 Å². The van der Waals surface area contributed by atoms with Crippen LogP contribution in [0, 0.1) is 22.7 Å². The van der Waals surface area contributed by atoms with Crippen LogP contribution in [0.4, 0.5) is 13.2 Å². The molecule has 16 heavy (non-hydrogen) atoms. The smallest absolute Gasteiger partial charge is 0.417 e. The molecule has 0 bridgehead atoms. The number of nitrogens with zero attached hydrogens (tertiary/aromatic N) is 2. The molecule has 0 aliphatic carbocycles. The Kier molecular flexibility index (Phi) is 3.05. The van der Waals surface area contributed by atoms with Crippen LogP contribution in [0.15, 0.2) is 12.1 Å². The number of phenols is 1. The quantitative estimate of drug-likeness (QED) is 0.799. The first-order valence-corrected chi connectivity index (χ1v) is 4.10. The van der Waals surface area contributed by atoms with E-state index in [2.05, 4.69) is 0 Å². The minimum absolute atomic E-state index is 0.0197. The standard InChI is InChI=1S/C10H5F3N2O/c11-10(12,13)8-3-6(1-2-14)4-9(16)7(8)5-15/h3-4,16H,1H2. The van der Waals surface area contributed by atoms with Crippen molar-refractivity contribution < 1.29 is 18.3 Å². The maximum atomic E-state index is 12.5. The van der Waals surface area contributed by atoms with E-state index in [0.717, 1.165) is 6.07 Å². The molecule has 1 aromatic carbocycles. The Labute approximate surface area is 89.0 Å². The molecule has 0 radical (unpaired) electrons. The van der Waals surface area contributed by atoms with Crippen LogP contribution in [0.1, 0.15) is 16.7 Å². The normalized spacial score (nSPS) is 10.6. The molecule has 1 N–H and O–H groups in total. The van der Waals surface area contributed by atoms with E-state index in [0.29, 0.717) is 6.07 Å². The van der Waals surface area contributed by atoms with Crippen molar-refractivity contribution in [2.75, 3.05) is 0 Å². The second-order valence-corrected chi connectivity index (χ2v) is 2.98. The Hall–Kier alpha value is -2.21. The highest BCUT2D eigenvalue weighted by Crippen LogP contribution is 2.36. The number of rotatable bonds is 1. The molecule has 1 aromatic rings. The van der Waals surface area contributed by atoms with Gasteiger partial charge in [-0.25, -0.2) is 0 Å². The van der Waals surface area contributed by atoms with Gasteiger partial charge in [-0.15, -0.1) is 0 Å². The third-order valence-electron chi connectivity index (χ3n) is 1.88. The van der Waals surface area contributed by atoms with E-state index in [1.54, 1.807) is 6.07 Å². The molecule has 0 spiro atoms. The van der Waals surface area contributed by atoms with Gasteiger partial charge in [0.15, 0.2) is 0 Å². The number of phenolic OH excluding ortho intramolecular Hbond substituents is 1. The number of alkyl halides is 3. The lowest BCUT2D eigenvalue weighted by atomic mass is 10.0. The molecule has 0 fully saturated rings. The highest BCUT2D eigenvalue weighted by molar-refractivity contribution is 5.52. The van der Waals surface area contributed by atoms with Gasteiger partial charge in [0.2, 0.25) is 0 Å². The predicted octanol–water partition coefficient (Wildman–Crippen LogP) is 2.35. The molecule has 0 unspecified atom stereocenters. The molecule has 1 rings (SSSR count). The molecule has 0 aromatic heterocycles. The number of aromatic hydroxyl groups is 1. The van der Waals surface area contributed by atoms with Crippen molar-refractivity contribution in [2.45, 2.75) is 12.6 Å². The van der Waals surface area contributed by atoms with E-state index in [1.165, 1.54) is 6.07 Å². The number of hydrogen-bond acceptors (Lipinski definition) is 3. The lowest BCUT2D eigenvalue weighted by Crippen LogP contribution is -2.08. The first-order chi connectivity index (χ1) is 7.40. The fraction of sp³-hybridized carbons (Fsp3) is 0.200. The SMILES string of the molecule is N#CCc1cc(O)c(C#N)c(C(F)(F)F)c1. The monoisotopic (exact) mass is 226 g/mol. The van der Waals surface area contributed by atoms with Gasteiger partial charge < -0.3 is 5.11 Å². The first-order valence-electron chi connectivity index (χ1n) is 4.10. The minimum atomic E-state index is -4.73. The number of nitriles is 2. The summed E-state index contributed by atoms with van der Waals surface area (Å²) in [6.07, 6.45) is -4.99. The average molecular weight is 226 g/mol. The van der Waals surface area contributed by atoms with Crippen LogP contribution in [0.25, 0.3) is 0 Å². The molecule has 0 atom stereocenters. The first kappa shape index (κ1) is 11.9. The molecule has 0 aliphatic heterocycles. The van der Waals surface area contributed by atoms with Gasteiger partial charge in [-0.1, -0.05) is 0 Å². The summed E-state index contributed by atoms with van der Waals surface area (Å²) in [6.45, 7) is 0. The molecule has 0 heterocycles. The van der Waals surface area contributed by atoms with Crippen LogP contribution < -0.4 is 0 Å². The largest absolute Gasteiger partial charge is 0.507 e. The lowest BCUT2D eigenvalue weighted by Gasteiger charge is -2.11. The van der Waals surface area contributed by atoms with Gasteiger partial charge in [0, 0.05) is 0 Å². The molecule has 0 amide bonds. The Bertz CT molecular complexity index is 495. The third-order valence-corrected chi connectivity index (χ3v) is 1.88. The van der Waals surface area contributed by atoms with Crippen molar-refractivity contribution in [1.82, 2.24) is 0 Å². The molecule has 0 saturated carbocycles. The molecular weight excluding hydrogens is 221 g/mol. The minimum Gasteiger partial charge on any atom is -0.507 e. The highest BCUT2D eigenvalue weighted by Gasteiger charge is 2.35. The van der Waals surface area contributed by atoms with Gasteiger partial charge in [-0.05, 0) is 17.7 Å². The number of hydrogen-bond donors (Lipinski definition) is 1. The zero-order valence-corrected chi connectivity index (χ0v) is 7.84. The Morgan fingerprint density at radius 2 is 1.88 bits per heavy atom. The Balaban J connectivity index is 3.46. The second-order valence-electron chi connectivity index (χ2n) is 2.98. The van der Waals surface area contributed by atoms with Gasteiger partial charge in [0.1, 0.15) is 17.4 Å². The van der Waals surface area contributed by atoms with E-state index >= 15 is 0 Å². The summed E-state index contributed by atoms with van der Waals surface area (Å²) in [7, 11) is 0. The summed E-state index contributed by atoms with van der Waals surface area (Å²) >= 11 is 0. The van der Waals surface area contributed by atoms with Crippen LogP contribution in [-0.2, 0) is 12.6 Å². The Morgan fingerprint density at radius 1 is 1.25 bits per heavy atom. The van der Waals surface area contributed by atoms with Crippen LogP contribution in [0.5, 0.6) is 5.75 Å². The van der Waals surface area contributed by atoms with E-state index in [4.69, 9.17) is 10.5 Å². The lowest BCUT2D eigenvalue weighted by molar-refractivity contribution is -0.137. The summed E-state index contributed by atoms with van der Waals surface area (Å²) in [5.41, 5.74) is -2.03. The molecule has 82 valence electrons. The van der Waals surface area contributed by atoms with Gasteiger partial charge in [-0.3, -0.25) is 0 Å². The summed E-state index contributed by atoms with van der Waals surface area (Å²) in [6, 6.07) is 4.63. The van der Waals surface area contributed by atoms with Gasteiger partial charge in [0.05, 0.1) is 18.1 Å². The predicted molar refractivity (Wildman–Crippen MR) is 47.1 cm³/mol. The van der Waals surface area contributed by atoms with E-state index < -0.39 is 23.1 Å². The summed E-state index contributed by atoms with van der Waals surface area (Å²) in [4.78, 5) is 0. The summed E-state index contributed by atoms with van der Waals surface area (Å²) in [5.74, 6) is -0.762.